The smallest absolute Gasteiger partial charge is 0.263 e. The third-order valence-corrected chi connectivity index (χ3v) is 3.44. The summed E-state index contributed by atoms with van der Waals surface area (Å²) in [6, 6.07) is 8.68. The van der Waals surface area contributed by atoms with Crippen molar-refractivity contribution in [1.82, 2.24) is 0 Å². The molecule has 116 valence electrons. The van der Waals surface area contributed by atoms with Gasteiger partial charge in [-0.05, 0) is 36.8 Å². The first-order chi connectivity index (χ1) is 10.4. The number of halogens is 3. The fraction of sp³-hybridized carbons (Fsp3) is 0.188. The van der Waals surface area contributed by atoms with Crippen LogP contribution in [0.25, 0.3) is 0 Å². The van der Waals surface area contributed by atoms with Crippen molar-refractivity contribution in [3.63, 3.8) is 0 Å². The Morgan fingerprint density at radius 3 is 2.64 bits per heavy atom. The van der Waals surface area contributed by atoms with Crippen LogP contribution in [0.1, 0.15) is 27.9 Å². The van der Waals surface area contributed by atoms with Crippen LogP contribution < -0.4 is 10.1 Å². The zero-order valence-electron chi connectivity index (χ0n) is 12.0. The standard InChI is InChI=1S/C16H14ClF2NO2/c1-9-6-14(22-2)13(17)8-12(9)16(21)20-11-5-3-4-10(7-11)15(18)19/h3-8,15H,1-2H3,(H,20,21). The fourth-order valence-corrected chi connectivity index (χ4v) is 2.25. The van der Waals surface area contributed by atoms with E-state index in [1.807, 2.05) is 0 Å². The number of ether oxygens (including phenoxy) is 1. The second kappa shape index (κ2) is 6.75. The van der Waals surface area contributed by atoms with E-state index in [9.17, 15) is 13.6 Å². The molecule has 22 heavy (non-hydrogen) atoms. The number of carbonyl (C=O) groups is 1. The van der Waals surface area contributed by atoms with Gasteiger partial charge in [0.25, 0.3) is 12.3 Å². The van der Waals surface area contributed by atoms with Crippen molar-refractivity contribution in [2.75, 3.05) is 12.4 Å². The molecule has 2 rings (SSSR count). The molecular weight excluding hydrogens is 312 g/mol. The molecule has 0 saturated carbocycles. The highest BCUT2D eigenvalue weighted by atomic mass is 35.5. The zero-order chi connectivity index (χ0) is 16.3. The van der Waals surface area contributed by atoms with Gasteiger partial charge in [0.1, 0.15) is 5.75 Å². The second-order valence-electron chi connectivity index (χ2n) is 4.68. The Kier molecular flexibility index (Phi) is 4.98. The Morgan fingerprint density at radius 1 is 1.27 bits per heavy atom. The van der Waals surface area contributed by atoms with Gasteiger partial charge in [0.15, 0.2) is 0 Å². The third kappa shape index (κ3) is 3.54. The van der Waals surface area contributed by atoms with Gasteiger partial charge in [0.05, 0.1) is 12.1 Å². The van der Waals surface area contributed by atoms with Crippen molar-refractivity contribution in [1.29, 1.82) is 0 Å². The van der Waals surface area contributed by atoms with E-state index >= 15 is 0 Å². The summed E-state index contributed by atoms with van der Waals surface area (Å²) in [5.74, 6) is 0.0453. The predicted octanol–water partition coefficient (Wildman–Crippen LogP) is 4.85. The summed E-state index contributed by atoms with van der Waals surface area (Å²) in [6.07, 6.45) is -2.59. The Labute approximate surface area is 131 Å². The maximum Gasteiger partial charge on any atom is 0.263 e. The number of aryl methyl sites for hydroxylation is 1. The maximum absolute atomic E-state index is 12.7. The molecule has 0 saturated heterocycles. The van der Waals surface area contributed by atoms with Crippen molar-refractivity contribution in [2.24, 2.45) is 0 Å². The number of benzene rings is 2. The number of hydrogen-bond acceptors (Lipinski definition) is 2. The molecule has 0 atom stereocenters. The van der Waals surface area contributed by atoms with Crippen molar-refractivity contribution in [3.05, 3.63) is 58.1 Å². The molecule has 2 aromatic carbocycles. The molecule has 2 aromatic rings. The SMILES string of the molecule is COc1cc(C)c(C(=O)Nc2cccc(C(F)F)c2)cc1Cl. The molecule has 0 radical (unpaired) electrons. The molecule has 0 aliphatic carbocycles. The number of hydrogen-bond donors (Lipinski definition) is 1. The summed E-state index contributed by atoms with van der Waals surface area (Å²) in [5, 5.41) is 2.89. The van der Waals surface area contributed by atoms with Crippen LogP contribution in [0.5, 0.6) is 5.75 Å². The largest absolute Gasteiger partial charge is 0.495 e. The molecule has 0 fully saturated rings. The lowest BCUT2D eigenvalue weighted by Gasteiger charge is -2.11. The van der Waals surface area contributed by atoms with Gasteiger partial charge in [-0.15, -0.1) is 0 Å². The summed E-state index contributed by atoms with van der Waals surface area (Å²) < 4.78 is 30.4. The summed E-state index contributed by atoms with van der Waals surface area (Å²) in [7, 11) is 1.48. The van der Waals surface area contributed by atoms with Crippen LogP contribution in [0.2, 0.25) is 5.02 Å². The third-order valence-electron chi connectivity index (χ3n) is 3.14. The molecule has 3 nitrogen and oxygen atoms in total. The van der Waals surface area contributed by atoms with E-state index < -0.39 is 12.3 Å². The highest BCUT2D eigenvalue weighted by molar-refractivity contribution is 6.32. The van der Waals surface area contributed by atoms with Crippen LogP contribution in [-0.2, 0) is 0 Å². The van der Waals surface area contributed by atoms with Gasteiger partial charge in [-0.1, -0.05) is 23.7 Å². The molecule has 0 bridgehead atoms. The van der Waals surface area contributed by atoms with E-state index in [1.54, 1.807) is 19.1 Å². The monoisotopic (exact) mass is 325 g/mol. The summed E-state index contributed by atoms with van der Waals surface area (Å²) in [5.41, 5.74) is 1.17. The molecule has 0 aliphatic heterocycles. The number of anilines is 1. The number of rotatable bonds is 4. The van der Waals surface area contributed by atoms with E-state index in [1.165, 1.54) is 31.4 Å². The van der Waals surface area contributed by atoms with Crippen molar-refractivity contribution < 1.29 is 18.3 Å². The zero-order valence-corrected chi connectivity index (χ0v) is 12.7. The van der Waals surface area contributed by atoms with Gasteiger partial charge in [0.2, 0.25) is 0 Å². The molecule has 0 spiro atoms. The first-order valence-electron chi connectivity index (χ1n) is 6.46. The highest BCUT2D eigenvalue weighted by Crippen LogP contribution is 2.28. The molecule has 1 amide bonds. The van der Waals surface area contributed by atoms with E-state index in [-0.39, 0.29) is 5.56 Å². The van der Waals surface area contributed by atoms with Gasteiger partial charge in [-0.3, -0.25) is 4.79 Å². The van der Waals surface area contributed by atoms with Crippen LogP contribution in [0.15, 0.2) is 36.4 Å². The Bertz CT molecular complexity index is 705. The van der Waals surface area contributed by atoms with Crippen LogP contribution in [0.4, 0.5) is 14.5 Å². The number of alkyl halides is 2. The molecule has 0 heterocycles. The van der Waals surface area contributed by atoms with Crippen molar-refractivity contribution >= 4 is 23.2 Å². The summed E-state index contributed by atoms with van der Waals surface area (Å²) in [4.78, 5) is 12.3. The second-order valence-corrected chi connectivity index (χ2v) is 5.09. The van der Waals surface area contributed by atoms with Crippen LogP contribution in [0, 0.1) is 6.92 Å². The molecule has 0 aliphatic rings. The van der Waals surface area contributed by atoms with Crippen molar-refractivity contribution in [2.45, 2.75) is 13.3 Å². The lowest BCUT2D eigenvalue weighted by molar-refractivity contribution is 0.102. The van der Waals surface area contributed by atoms with E-state index in [0.29, 0.717) is 27.6 Å². The van der Waals surface area contributed by atoms with E-state index in [0.717, 1.165) is 0 Å². The summed E-state index contributed by atoms with van der Waals surface area (Å²) in [6.45, 7) is 1.74. The van der Waals surface area contributed by atoms with Crippen LogP contribution in [0.3, 0.4) is 0 Å². The first kappa shape index (κ1) is 16.2. The minimum Gasteiger partial charge on any atom is -0.495 e. The molecule has 1 N–H and O–H groups in total. The van der Waals surface area contributed by atoms with Crippen molar-refractivity contribution in [3.8, 4) is 5.75 Å². The average molecular weight is 326 g/mol. The topological polar surface area (TPSA) is 38.3 Å². The Balaban J connectivity index is 2.26. The fourth-order valence-electron chi connectivity index (χ4n) is 2.01. The summed E-state index contributed by atoms with van der Waals surface area (Å²) >= 11 is 6.01. The number of carbonyl (C=O) groups excluding carboxylic acids is 1. The Morgan fingerprint density at radius 2 is 2.00 bits per heavy atom. The Hall–Kier alpha value is -2.14. The van der Waals surface area contributed by atoms with Gasteiger partial charge in [0, 0.05) is 16.8 Å². The van der Waals surface area contributed by atoms with Gasteiger partial charge >= 0.3 is 0 Å². The molecule has 0 unspecified atom stereocenters. The van der Waals surface area contributed by atoms with Gasteiger partial charge in [-0.25, -0.2) is 8.78 Å². The highest BCUT2D eigenvalue weighted by Gasteiger charge is 2.14. The van der Waals surface area contributed by atoms with Gasteiger partial charge < -0.3 is 10.1 Å². The predicted molar refractivity (Wildman–Crippen MR) is 82.1 cm³/mol. The van der Waals surface area contributed by atoms with Crippen LogP contribution >= 0.6 is 11.6 Å². The molecular formula is C16H14ClF2NO2. The quantitative estimate of drug-likeness (QED) is 0.873. The minimum atomic E-state index is -2.59. The molecule has 0 aromatic heterocycles. The van der Waals surface area contributed by atoms with E-state index in [2.05, 4.69) is 5.32 Å². The number of nitrogens with one attached hydrogen (secondary N) is 1. The van der Waals surface area contributed by atoms with E-state index in [4.69, 9.17) is 16.3 Å². The molecule has 6 heteroatoms. The maximum atomic E-state index is 12.7. The first-order valence-corrected chi connectivity index (χ1v) is 6.83. The minimum absolute atomic E-state index is 0.151. The van der Waals surface area contributed by atoms with Crippen LogP contribution in [-0.4, -0.2) is 13.0 Å². The van der Waals surface area contributed by atoms with Gasteiger partial charge in [-0.2, -0.15) is 0 Å². The lowest BCUT2D eigenvalue weighted by atomic mass is 10.1. The lowest BCUT2D eigenvalue weighted by Crippen LogP contribution is -2.13. The average Bonchev–Trinajstić information content (AvgIpc) is 2.49. The number of amides is 1. The number of methoxy groups -OCH3 is 1. The normalized spacial score (nSPS) is 10.6.